The maximum Gasteiger partial charge on any atom is 0.256 e. The van der Waals surface area contributed by atoms with Crippen LogP contribution in [0.1, 0.15) is 27.3 Å². The molecule has 5 nitrogen and oxygen atoms in total. The molecule has 24 heavy (non-hydrogen) atoms. The zero-order valence-corrected chi connectivity index (χ0v) is 15.3. The minimum atomic E-state index is -0.202. The van der Waals surface area contributed by atoms with Gasteiger partial charge in [-0.05, 0) is 78.7 Å². The first-order chi connectivity index (χ1) is 11.4. The number of anilines is 1. The lowest BCUT2D eigenvalue weighted by molar-refractivity contribution is 0.102. The zero-order chi connectivity index (χ0) is 17.3. The molecular formula is C18H17BrN4O. The van der Waals surface area contributed by atoms with Gasteiger partial charge in [0.15, 0.2) is 0 Å². The SMILES string of the molecule is Cc1cnc(NC(=O)c2ccc(-n3nc(C)cc3C)cc2)c(Br)c1. The highest BCUT2D eigenvalue weighted by atomic mass is 79.9. The fourth-order valence-electron chi connectivity index (χ4n) is 2.45. The molecule has 3 aromatic rings. The number of aryl methyl sites for hydroxylation is 3. The fourth-order valence-corrected chi connectivity index (χ4v) is 3.01. The molecule has 0 saturated carbocycles. The standard InChI is InChI=1S/C18H17BrN4O/c1-11-8-16(19)17(20-10-11)21-18(24)14-4-6-15(7-5-14)23-13(3)9-12(2)22-23/h4-10H,1-3H3,(H,20,21,24). The first-order valence-electron chi connectivity index (χ1n) is 7.51. The van der Waals surface area contributed by atoms with Gasteiger partial charge >= 0.3 is 0 Å². The third-order valence-corrected chi connectivity index (χ3v) is 4.20. The van der Waals surface area contributed by atoms with Gasteiger partial charge in [0.1, 0.15) is 5.82 Å². The number of pyridine rings is 1. The molecule has 0 unspecified atom stereocenters. The summed E-state index contributed by atoms with van der Waals surface area (Å²) in [4.78, 5) is 16.6. The van der Waals surface area contributed by atoms with Crippen LogP contribution in [0.4, 0.5) is 5.82 Å². The molecule has 0 aliphatic rings. The van der Waals surface area contributed by atoms with Crippen LogP contribution in [0, 0.1) is 20.8 Å². The molecule has 0 aliphatic heterocycles. The van der Waals surface area contributed by atoms with E-state index < -0.39 is 0 Å². The predicted octanol–water partition coefficient (Wildman–Crippen LogP) is 4.21. The van der Waals surface area contributed by atoms with Crippen molar-refractivity contribution in [1.82, 2.24) is 14.8 Å². The van der Waals surface area contributed by atoms with E-state index in [4.69, 9.17) is 0 Å². The number of amides is 1. The summed E-state index contributed by atoms with van der Waals surface area (Å²) < 4.78 is 2.62. The van der Waals surface area contributed by atoms with Gasteiger partial charge in [0, 0.05) is 17.5 Å². The molecule has 2 heterocycles. The molecule has 0 saturated heterocycles. The second kappa shape index (κ2) is 6.57. The molecule has 3 rings (SSSR count). The van der Waals surface area contributed by atoms with E-state index >= 15 is 0 Å². The summed E-state index contributed by atoms with van der Waals surface area (Å²) in [5.41, 5.74) is 4.53. The largest absolute Gasteiger partial charge is 0.306 e. The number of nitrogens with one attached hydrogen (secondary N) is 1. The van der Waals surface area contributed by atoms with Gasteiger partial charge < -0.3 is 5.32 Å². The van der Waals surface area contributed by atoms with E-state index in [1.807, 2.05) is 49.7 Å². The second-order valence-corrected chi connectivity index (χ2v) is 6.54. The van der Waals surface area contributed by atoms with Crippen molar-refractivity contribution in [2.24, 2.45) is 0 Å². The molecule has 0 bridgehead atoms. The molecule has 0 fully saturated rings. The molecule has 1 N–H and O–H groups in total. The number of aromatic nitrogens is 3. The summed E-state index contributed by atoms with van der Waals surface area (Å²) >= 11 is 3.41. The molecule has 1 amide bonds. The third-order valence-electron chi connectivity index (χ3n) is 3.59. The van der Waals surface area contributed by atoms with E-state index in [1.54, 1.807) is 18.3 Å². The van der Waals surface area contributed by atoms with Crippen LogP contribution < -0.4 is 5.32 Å². The van der Waals surface area contributed by atoms with Crippen LogP contribution in [-0.4, -0.2) is 20.7 Å². The van der Waals surface area contributed by atoms with Gasteiger partial charge in [0.25, 0.3) is 5.91 Å². The number of hydrogen-bond donors (Lipinski definition) is 1. The number of carbonyl (C=O) groups is 1. The Hall–Kier alpha value is -2.47. The number of rotatable bonds is 3. The van der Waals surface area contributed by atoms with E-state index in [1.165, 1.54) is 0 Å². The van der Waals surface area contributed by atoms with E-state index in [9.17, 15) is 4.79 Å². The maximum absolute atomic E-state index is 12.4. The Labute approximate surface area is 148 Å². The lowest BCUT2D eigenvalue weighted by atomic mass is 10.2. The number of nitrogens with zero attached hydrogens (tertiary/aromatic N) is 3. The number of carbonyl (C=O) groups excluding carboxylic acids is 1. The third kappa shape index (κ3) is 3.38. The lowest BCUT2D eigenvalue weighted by Crippen LogP contribution is -2.13. The normalized spacial score (nSPS) is 10.7. The van der Waals surface area contributed by atoms with Gasteiger partial charge in [-0.25, -0.2) is 9.67 Å². The van der Waals surface area contributed by atoms with Crippen LogP contribution in [-0.2, 0) is 0 Å². The Kier molecular flexibility index (Phi) is 4.49. The van der Waals surface area contributed by atoms with Crippen molar-refractivity contribution in [2.75, 3.05) is 5.32 Å². The van der Waals surface area contributed by atoms with Crippen LogP contribution in [0.3, 0.4) is 0 Å². The first kappa shape index (κ1) is 16.4. The topological polar surface area (TPSA) is 59.8 Å². The number of halogens is 1. The zero-order valence-electron chi connectivity index (χ0n) is 13.7. The van der Waals surface area contributed by atoms with Gasteiger partial charge in [-0.15, -0.1) is 0 Å². The van der Waals surface area contributed by atoms with Gasteiger partial charge in [-0.3, -0.25) is 4.79 Å². The van der Waals surface area contributed by atoms with Crippen LogP contribution >= 0.6 is 15.9 Å². The monoisotopic (exact) mass is 384 g/mol. The molecule has 1 aromatic carbocycles. The number of benzene rings is 1. The lowest BCUT2D eigenvalue weighted by Gasteiger charge is -2.08. The van der Waals surface area contributed by atoms with Crippen molar-refractivity contribution in [3.63, 3.8) is 0 Å². The smallest absolute Gasteiger partial charge is 0.256 e. The molecule has 0 radical (unpaired) electrons. The molecular weight excluding hydrogens is 368 g/mol. The molecule has 6 heteroatoms. The van der Waals surface area contributed by atoms with Gasteiger partial charge in [-0.1, -0.05) is 0 Å². The van der Waals surface area contributed by atoms with Crippen LogP contribution in [0.25, 0.3) is 5.69 Å². The maximum atomic E-state index is 12.4. The van der Waals surface area contributed by atoms with Crippen LogP contribution in [0.5, 0.6) is 0 Å². The molecule has 0 aliphatic carbocycles. The summed E-state index contributed by atoms with van der Waals surface area (Å²) in [6.45, 7) is 5.90. The summed E-state index contributed by atoms with van der Waals surface area (Å²) in [6.07, 6.45) is 1.71. The van der Waals surface area contributed by atoms with Crippen molar-refractivity contribution < 1.29 is 4.79 Å². The number of hydrogen-bond acceptors (Lipinski definition) is 3. The van der Waals surface area contributed by atoms with Gasteiger partial charge in [0.05, 0.1) is 15.9 Å². The fraction of sp³-hybridized carbons (Fsp3) is 0.167. The average molecular weight is 385 g/mol. The highest BCUT2D eigenvalue weighted by Crippen LogP contribution is 2.21. The van der Waals surface area contributed by atoms with E-state index in [0.717, 1.165) is 27.1 Å². The van der Waals surface area contributed by atoms with Gasteiger partial charge in [0.2, 0.25) is 0 Å². The van der Waals surface area contributed by atoms with Crippen molar-refractivity contribution in [1.29, 1.82) is 0 Å². The molecule has 0 spiro atoms. The predicted molar refractivity (Wildman–Crippen MR) is 97.7 cm³/mol. The summed E-state index contributed by atoms with van der Waals surface area (Å²) in [5.74, 6) is 0.306. The highest BCUT2D eigenvalue weighted by molar-refractivity contribution is 9.10. The Morgan fingerprint density at radius 1 is 1.12 bits per heavy atom. The van der Waals surface area contributed by atoms with Crippen molar-refractivity contribution >= 4 is 27.7 Å². The minimum Gasteiger partial charge on any atom is -0.306 e. The van der Waals surface area contributed by atoms with E-state index in [2.05, 4.69) is 31.3 Å². The van der Waals surface area contributed by atoms with Gasteiger partial charge in [-0.2, -0.15) is 5.10 Å². The Morgan fingerprint density at radius 2 is 1.83 bits per heavy atom. The quantitative estimate of drug-likeness (QED) is 0.735. The van der Waals surface area contributed by atoms with E-state index in [0.29, 0.717) is 11.4 Å². The molecule has 2 aromatic heterocycles. The molecule has 122 valence electrons. The van der Waals surface area contributed by atoms with Crippen molar-refractivity contribution in [2.45, 2.75) is 20.8 Å². The first-order valence-corrected chi connectivity index (χ1v) is 8.30. The van der Waals surface area contributed by atoms with E-state index in [-0.39, 0.29) is 5.91 Å². The summed E-state index contributed by atoms with van der Waals surface area (Å²) in [7, 11) is 0. The summed E-state index contributed by atoms with van der Waals surface area (Å²) in [5, 5.41) is 7.25. The Bertz CT molecular complexity index is 900. The second-order valence-electron chi connectivity index (χ2n) is 5.68. The Morgan fingerprint density at radius 3 is 2.42 bits per heavy atom. The average Bonchev–Trinajstić information content (AvgIpc) is 2.88. The van der Waals surface area contributed by atoms with Crippen LogP contribution in [0.2, 0.25) is 0 Å². The summed E-state index contributed by atoms with van der Waals surface area (Å²) in [6, 6.07) is 11.3. The van der Waals surface area contributed by atoms with Crippen molar-refractivity contribution in [3.8, 4) is 5.69 Å². The minimum absolute atomic E-state index is 0.202. The van der Waals surface area contributed by atoms with Crippen LogP contribution in [0.15, 0.2) is 47.1 Å². The molecule has 0 atom stereocenters. The van der Waals surface area contributed by atoms with Crippen molar-refractivity contribution in [3.05, 3.63) is 69.6 Å². The highest BCUT2D eigenvalue weighted by Gasteiger charge is 2.10. The Balaban J connectivity index is 1.80.